The van der Waals surface area contributed by atoms with Crippen molar-refractivity contribution in [2.45, 2.75) is 39.7 Å². The molecule has 0 fully saturated rings. The molecule has 2 aromatic rings. The van der Waals surface area contributed by atoms with Crippen molar-refractivity contribution in [1.29, 1.82) is 0 Å². The Labute approximate surface area is 130 Å². The molecule has 21 heavy (non-hydrogen) atoms. The van der Waals surface area contributed by atoms with Crippen LogP contribution in [0.5, 0.6) is 5.75 Å². The standard InChI is InChI=1S/C16H22ClN3O/c1-5-6-14-19-15(16(18)20(14)10(2)3)11-7-8-13(21-4)12(17)9-11/h7-10H,5-6,18H2,1-4H3. The number of benzene rings is 1. The number of hydrogen-bond acceptors (Lipinski definition) is 3. The average Bonchev–Trinajstić information content (AvgIpc) is 2.76. The molecule has 0 bridgehead atoms. The molecule has 0 aliphatic heterocycles. The predicted octanol–water partition coefficient (Wildman–Crippen LogP) is 4.33. The molecule has 0 aliphatic carbocycles. The third kappa shape index (κ3) is 3.00. The minimum atomic E-state index is 0.279. The van der Waals surface area contributed by atoms with Gasteiger partial charge in [0.15, 0.2) is 0 Å². The van der Waals surface area contributed by atoms with Crippen molar-refractivity contribution in [2.75, 3.05) is 12.8 Å². The molecule has 0 saturated heterocycles. The number of halogens is 1. The summed E-state index contributed by atoms with van der Waals surface area (Å²) >= 11 is 6.20. The molecule has 2 N–H and O–H groups in total. The van der Waals surface area contributed by atoms with Crippen LogP contribution < -0.4 is 10.5 Å². The van der Waals surface area contributed by atoms with Crippen LogP contribution >= 0.6 is 11.6 Å². The van der Waals surface area contributed by atoms with Crippen LogP contribution in [0, 0.1) is 0 Å². The van der Waals surface area contributed by atoms with Crippen LogP contribution in [0.4, 0.5) is 5.82 Å². The summed E-state index contributed by atoms with van der Waals surface area (Å²) in [5.74, 6) is 2.36. The molecule has 0 aliphatic rings. The molecule has 4 nitrogen and oxygen atoms in total. The maximum absolute atomic E-state index is 6.31. The zero-order valence-electron chi connectivity index (χ0n) is 13.0. The molecule has 1 heterocycles. The van der Waals surface area contributed by atoms with E-state index in [0.717, 1.165) is 29.9 Å². The highest BCUT2D eigenvalue weighted by molar-refractivity contribution is 6.32. The normalized spacial score (nSPS) is 11.1. The van der Waals surface area contributed by atoms with E-state index in [1.54, 1.807) is 7.11 Å². The number of rotatable bonds is 5. The van der Waals surface area contributed by atoms with Crippen molar-refractivity contribution < 1.29 is 4.74 Å². The van der Waals surface area contributed by atoms with Gasteiger partial charge in [-0.1, -0.05) is 18.5 Å². The summed E-state index contributed by atoms with van der Waals surface area (Å²) in [6, 6.07) is 5.90. The maximum Gasteiger partial charge on any atom is 0.137 e. The molecular weight excluding hydrogens is 286 g/mol. The topological polar surface area (TPSA) is 53.1 Å². The van der Waals surface area contributed by atoms with Crippen LogP contribution in [-0.2, 0) is 6.42 Å². The number of aryl methyl sites for hydroxylation is 1. The number of hydrogen-bond donors (Lipinski definition) is 1. The van der Waals surface area contributed by atoms with Gasteiger partial charge in [-0.15, -0.1) is 0 Å². The van der Waals surface area contributed by atoms with Crippen molar-refractivity contribution in [3.63, 3.8) is 0 Å². The second-order valence-electron chi connectivity index (χ2n) is 5.32. The fraction of sp³-hybridized carbons (Fsp3) is 0.438. The van der Waals surface area contributed by atoms with Crippen LogP contribution in [0.1, 0.15) is 39.1 Å². The molecule has 0 unspecified atom stereocenters. The Morgan fingerprint density at radius 3 is 2.62 bits per heavy atom. The van der Waals surface area contributed by atoms with Crippen molar-refractivity contribution >= 4 is 17.4 Å². The number of methoxy groups -OCH3 is 1. The maximum atomic E-state index is 6.31. The number of nitrogens with two attached hydrogens (primary N) is 1. The molecule has 0 atom stereocenters. The highest BCUT2D eigenvalue weighted by atomic mass is 35.5. The summed E-state index contributed by atoms with van der Waals surface area (Å²) in [6.07, 6.45) is 1.94. The Kier molecular flexibility index (Phi) is 4.78. The molecule has 2 rings (SSSR count). The number of imidazole rings is 1. The summed E-state index contributed by atoms with van der Waals surface area (Å²) in [7, 11) is 1.60. The summed E-state index contributed by atoms with van der Waals surface area (Å²) in [6.45, 7) is 6.36. The lowest BCUT2D eigenvalue weighted by atomic mass is 10.1. The summed E-state index contributed by atoms with van der Waals surface area (Å²) < 4.78 is 7.28. The molecule has 0 amide bonds. The van der Waals surface area contributed by atoms with E-state index in [1.807, 2.05) is 18.2 Å². The molecular formula is C16H22ClN3O. The molecule has 0 radical (unpaired) electrons. The van der Waals surface area contributed by atoms with Crippen LogP contribution in [0.25, 0.3) is 11.3 Å². The largest absolute Gasteiger partial charge is 0.495 e. The van der Waals surface area contributed by atoms with Gasteiger partial charge in [-0.2, -0.15) is 0 Å². The van der Waals surface area contributed by atoms with Gasteiger partial charge in [0.1, 0.15) is 23.1 Å². The van der Waals surface area contributed by atoms with Crippen LogP contribution in [-0.4, -0.2) is 16.7 Å². The fourth-order valence-electron chi connectivity index (χ4n) is 2.50. The molecule has 1 aromatic carbocycles. The van der Waals surface area contributed by atoms with E-state index < -0.39 is 0 Å². The molecule has 114 valence electrons. The van der Waals surface area contributed by atoms with E-state index in [1.165, 1.54) is 0 Å². The Bertz CT molecular complexity index is 635. The van der Waals surface area contributed by atoms with E-state index in [4.69, 9.17) is 27.1 Å². The van der Waals surface area contributed by atoms with Gasteiger partial charge in [-0.25, -0.2) is 4.98 Å². The first kappa shape index (κ1) is 15.7. The monoisotopic (exact) mass is 307 g/mol. The van der Waals surface area contributed by atoms with E-state index >= 15 is 0 Å². The number of nitrogen functional groups attached to an aromatic ring is 1. The van der Waals surface area contributed by atoms with Gasteiger partial charge < -0.3 is 15.0 Å². The SMILES string of the molecule is CCCc1nc(-c2ccc(OC)c(Cl)c2)c(N)n1C(C)C. The van der Waals surface area contributed by atoms with Gasteiger partial charge in [0.25, 0.3) is 0 Å². The minimum Gasteiger partial charge on any atom is -0.495 e. The first-order chi connectivity index (χ1) is 9.99. The quantitative estimate of drug-likeness (QED) is 0.894. The Morgan fingerprint density at radius 2 is 2.10 bits per heavy atom. The number of nitrogens with zero attached hydrogens (tertiary/aromatic N) is 2. The van der Waals surface area contributed by atoms with E-state index in [2.05, 4.69) is 25.3 Å². The molecule has 1 aromatic heterocycles. The summed E-state index contributed by atoms with van der Waals surface area (Å²) in [4.78, 5) is 4.73. The third-order valence-corrected chi connectivity index (χ3v) is 3.73. The van der Waals surface area contributed by atoms with Crippen LogP contribution in [0.15, 0.2) is 18.2 Å². The van der Waals surface area contributed by atoms with Crippen LogP contribution in [0.3, 0.4) is 0 Å². The minimum absolute atomic E-state index is 0.279. The van der Waals surface area contributed by atoms with Gasteiger partial charge >= 0.3 is 0 Å². The number of aromatic nitrogens is 2. The average molecular weight is 308 g/mol. The van der Waals surface area contributed by atoms with Gasteiger partial charge in [0, 0.05) is 18.0 Å². The highest BCUT2D eigenvalue weighted by Crippen LogP contribution is 2.34. The molecule has 0 saturated carbocycles. The van der Waals surface area contributed by atoms with Gasteiger partial charge in [-0.3, -0.25) is 0 Å². The molecule has 5 heteroatoms. The van der Waals surface area contributed by atoms with Gasteiger partial charge in [0.2, 0.25) is 0 Å². The fourth-order valence-corrected chi connectivity index (χ4v) is 2.75. The predicted molar refractivity (Wildman–Crippen MR) is 88.0 cm³/mol. The molecule has 0 spiro atoms. The van der Waals surface area contributed by atoms with Crippen molar-refractivity contribution in [3.8, 4) is 17.0 Å². The zero-order chi connectivity index (χ0) is 15.6. The first-order valence-electron chi connectivity index (χ1n) is 7.20. The van der Waals surface area contributed by atoms with E-state index in [9.17, 15) is 0 Å². The smallest absolute Gasteiger partial charge is 0.137 e. The van der Waals surface area contributed by atoms with E-state index in [-0.39, 0.29) is 6.04 Å². The summed E-state index contributed by atoms with van der Waals surface area (Å²) in [5, 5.41) is 0.561. The summed E-state index contributed by atoms with van der Waals surface area (Å²) in [5.41, 5.74) is 8.01. The van der Waals surface area contributed by atoms with Crippen LogP contribution in [0.2, 0.25) is 5.02 Å². The lowest BCUT2D eigenvalue weighted by Crippen LogP contribution is -2.09. The van der Waals surface area contributed by atoms with Gasteiger partial charge in [0.05, 0.1) is 12.1 Å². The van der Waals surface area contributed by atoms with Crippen molar-refractivity contribution in [2.24, 2.45) is 0 Å². The van der Waals surface area contributed by atoms with E-state index in [0.29, 0.717) is 16.6 Å². The lowest BCUT2D eigenvalue weighted by Gasteiger charge is -2.13. The van der Waals surface area contributed by atoms with Crippen molar-refractivity contribution in [1.82, 2.24) is 9.55 Å². The second kappa shape index (κ2) is 6.39. The third-order valence-electron chi connectivity index (χ3n) is 3.44. The Balaban J connectivity index is 2.53. The number of ether oxygens (including phenoxy) is 1. The lowest BCUT2D eigenvalue weighted by molar-refractivity contribution is 0.415. The first-order valence-corrected chi connectivity index (χ1v) is 7.57. The Morgan fingerprint density at radius 1 is 1.38 bits per heavy atom. The second-order valence-corrected chi connectivity index (χ2v) is 5.73. The van der Waals surface area contributed by atoms with Gasteiger partial charge in [-0.05, 0) is 38.5 Å². The number of anilines is 1. The van der Waals surface area contributed by atoms with Crippen molar-refractivity contribution in [3.05, 3.63) is 29.0 Å². The highest BCUT2D eigenvalue weighted by Gasteiger charge is 2.18. The Hall–Kier alpha value is -1.68. The zero-order valence-corrected chi connectivity index (χ0v) is 13.7.